The molecule has 1 saturated heterocycles. The number of para-hydroxylation sites is 2. The summed E-state index contributed by atoms with van der Waals surface area (Å²) < 4.78 is 41.6. The van der Waals surface area contributed by atoms with E-state index in [2.05, 4.69) is 5.32 Å². The topological polar surface area (TPSA) is 149 Å². The van der Waals surface area contributed by atoms with Crippen molar-refractivity contribution in [2.75, 3.05) is 32.6 Å². The molecule has 12 nitrogen and oxygen atoms in total. The van der Waals surface area contributed by atoms with E-state index in [9.17, 15) is 23.1 Å². The largest absolute Gasteiger partial charge is 0.486 e. The van der Waals surface area contributed by atoms with Crippen LogP contribution in [0.2, 0.25) is 0 Å². The second-order valence-corrected chi connectivity index (χ2v) is 13.3. The van der Waals surface area contributed by atoms with Gasteiger partial charge in [-0.25, -0.2) is 9.78 Å². The van der Waals surface area contributed by atoms with Crippen LogP contribution in [0.3, 0.4) is 0 Å². The second kappa shape index (κ2) is 11.1. The average Bonchev–Trinajstić information content (AvgIpc) is 3.30. The van der Waals surface area contributed by atoms with E-state index in [1.165, 1.54) is 4.90 Å². The molecule has 2 atom stereocenters. The highest BCUT2D eigenvalue weighted by Crippen LogP contribution is 2.50. The van der Waals surface area contributed by atoms with Crippen molar-refractivity contribution < 1.29 is 36.8 Å². The van der Waals surface area contributed by atoms with E-state index in [1.54, 1.807) is 18.2 Å². The Morgan fingerprint density at radius 3 is 2.55 bits per heavy atom. The summed E-state index contributed by atoms with van der Waals surface area (Å²) >= 11 is 0. The first-order valence-corrected chi connectivity index (χ1v) is 15.6. The van der Waals surface area contributed by atoms with Gasteiger partial charge in [-0.15, -0.1) is 0 Å². The van der Waals surface area contributed by atoms with Gasteiger partial charge in [0.05, 0.1) is 23.9 Å². The number of fused-ring (bicyclic) bond motifs is 2. The second-order valence-electron chi connectivity index (χ2n) is 11.7. The van der Waals surface area contributed by atoms with Gasteiger partial charge in [-0.3, -0.25) is 13.9 Å². The standard InChI is InChI=1S/C29H36N4O8S/c1-28(2,3)29(26-31-21-7-5-6-8-22(21)32(26)13-14-41-42(4,37)38)18-20(11-12-33(29)27(35)36)30-25(34)19-9-10-23-24(17-19)40-16-15-39-23/h5-10,17,20H,11-16,18H2,1-4H3,(H,30,34)(H,35,36)/t20-,29+/m1/s1. The Morgan fingerprint density at radius 2 is 1.86 bits per heavy atom. The Kier molecular flexibility index (Phi) is 7.84. The van der Waals surface area contributed by atoms with Gasteiger partial charge in [-0.1, -0.05) is 32.9 Å². The van der Waals surface area contributed by atoms with E-state index in [0.29, 0.717) is 48.0 Å². The molecule has 1 aromatic heterocycles. The lowest BCUT2D eigenvalue weighted by Gasteiger charge is -2.54. The van der Waals surface area contributed by atoms with Crippen LogP contribution in [-0.2, 0) is 26.4 Å². The molecule has 5 rings (SSSR count). The number of likely N-dealkylation sites (tertiary alicyclic amines) is 1. The number of benzene rings is 2. The molecule has 0 spiro atoms. The molecule has 13 heteroatoms. The van der Waals surface area contributed by atoms with Crippen LogP contribution in [0.1, 0.15) is 49.8 Å². The Morgan fingerprint density at radius 1 is 1.14 bits per heavy atom. The van der Waals surface area contributed by atoms with E-state index in [-0.39, 0.29) is 38.1 Å². The molecule has 2 amide bonds. The van der Waals surface area contributed by atoms with Gasteiger partial charge >= 0.3 is 6.09 Å². The number of nitrogens with one attached hydrogen (secondary N) is 1. The van der Waals surface area contributed by atoms with E-state index < -0.39 is 27.2 Å². The minimum Gasteiger partial charge on any atom is -0.486 e. The highest BCUT2D eigenvalue weighted by molar-refractivity contribution is 7.85. The molecular weight excluding hydrogens is 564 g/mol. The Bertz CT molecular complexity index is 1610. The molecule has 0 aliphatic carbocycles. The van der Waals surface area contributed by atoms with Crippen molar-refractivity contribution in [3.63, 3.8) is 0 Å². The molecule has 0 unspecified atom stereocenters. The molecule has 2 aliphatic heterocycles. The van der Waals surface area contributed by atoms with Gasteiger partial charge in [0.2, 0.25) is 0 Å². The first kappa shape index (κ1) is 29.6. The van der Waals surface area contributed by atoms with Gasteiger partial charge in [-0.2, -0.15) is 8.42 Å². The van der Waals surface area contributed by atoms with E-state index >= 15 is 0 Å². The zero-order valence-electron chi connectivity index (χ0n) is 24.1. The SMILES string of the molecule is CC(C)(C)[C@@]1(c2nc3ccccc3n2CCOS(C)(=O)=O)C[C@H](NC(=O)c2ccc3c(c2)OCCO3)CCN1C(=O)O. The van der Waals surface area contributed by atoms with Crippen molar-refractivity contribution in [3.05, 3.63) is 53.9 Å². The van der Waals surface area contributed by atoms with Crippen LogP contribution < -0.4 is 14.8 Å². The van der Waals surface area contributed by atoms with E-state index in [4.69, 9.17) is 18.6 Å². The maximum atomic E-state index is 13.4. The number of nitrogens with zero attached hydrogens (tertiary/aromatic N) is 3. The summed E-state index contributed by atoms with van der Waals surface area (Å²) in [5.74, 6) is 1.24. The molecule has 0 saturated carbocycles. The van der Waals surface area contributed by atoms with Crippen molar-refractivity contribution in [3.8, 4) is 11.5 Å². The zero-order chi connectivity index (χ0) is 30.3. The maximum absolute atomic E-state index is 13.4. The smallest absolute Gasteiger partial charge is 0.408 e. The number of hydrogen-bond donors (Lipinski definition) is 2. The number of ether oxygens (including phenoxy) is 2. The summed E-state index contributed by atoms with van der Waals surface area (Å²) in [6.07, 6.45) is 0.527. The summed E-state index contributed by atoms with van der Waals surface area (Å²) in [4.78, 5) is 32.6. The van der Waals surface area contributed by atoms with Gasteiger partial charge < -0.3 is 24.5 Å². The van der Waals surface area contributed by atoms with Gasteiger partial charge in [-0.05, 0) is 48.6 Å². The Hall–Kier alpha value is -3.84. The summed E-state index contributed by atoms with van der Waals surface area (Å²) in [6.45, 7) is 6.82. The van der Waals surface area contributed by atoms with Crippen LogP contribution in [0.25, 0.3) is 11.0 Å². The van der Waals surface area contributed by atoms with Crippen molar-refractivity contribution in [2.24, 2.45) is 5.41 Å². The predicted molar refractivity (Wildman–Crippen MR) is 154 cm³/mol. The van der Waals surface area contributed by atoms with Crippen molar-refractivity contribution >= 4 is 33.2 Å². The van der Waals surface area contributed by atoms with E-state index in [1.807, 2.05) is 49.6 Å². The summed E-state index contributed by atoms with van der Waals surface area (Å²) in [5.41, 5.74) is -0.107. The monoisotopic (exact) mass is 600 g/mol. The molecule has 2 aliphatic rings. The van der Waals surface area contributed by atoms with Crippen LogP contribution in [-0.4, -0.2) is 78.6 Å². The number of carboxylic acid groups (broad SMARTS) is 1. The zero-order valence-corrected chi connectivity index (χ0v) is 24.9. The van der Waals surface area contributed by atoms with Gasteiger partial charge in [0.25, 0.3) is 16.0 Å². The predicted octanol–water partition coefficient (Wildman–Crippen LogP) is 3.60. The number of carbonyl (C=O) groups is 2. The van der Waals surface area contributed by atoms with Crippen LogP contribution >= 0.6 is 0 Å². The quantitative estimate of drug-likeness (QED) is 0.388. The highest BCUT2D eigenvalue weighted by atomic mass is 32.2. The fourth-order valence-corrected chi connectivity index (χ4v) is 6.41. The van der Waals surface area contributed by atoms with Gasteiger partial charge in [0, 0.05) is 24.7 Å². The number of hydrogen-bond acceptors (Lipinski definition) is 8. The fourth-order valence-electron chi connectivity index (χ4n) is 6.04. The van der Waals surface area contributed by atoms with Crippen molar-refractivity contribution in [1.29, 1.82) is 0 Å². The minimum absolute atomic E-state index is 0.127. The van der Waals surface area contributed by atoms with Gasteiger partial charge in [0.15, 0.2) is 11.5 Å². The molecule has 2 N–H and O–H groups in total. The number of piperidine rings is 1. The average molecular weight is 601 g/mol. The number of aromatic nitrogens is 2. The van der Waals surface area contributed by atoms with Crippen LogP contribution in [0.4, 0.5) is 4.79 Å². The number of rotatable bonds is 7. The third-order valence-electron chi connectivity index (χ3n) is 7.95. The Balaban J connectivity index is 1.55. The minimum atomic E-state index is -3.69. The highest BCUT2D eigenvalue weighted by Gasteiger charge is 2.56. The normalized spacial score (nSPS) is 20.9. The third-order valence-corrected chi connectivity index (χ3v) is 8.55. The van der Waals surface area contributed by atoms with Crippen LogP contribution in [0.15, 0.2) is 42.5 Å². The number of imidazole rings is 1. The summed E-state index contributed by atoms with van der Waals surface area (Å²) in [7, 11) is -3.69. The molecule has 2 aromatic carbocycles. The van der Waals surface area contributed by atoms with Gasteiger partial charge in [0.1, 0.15) is 24.6 Å². The number of amides is 2. The lowest BCUT2D eigenvalue weighted by molar-refractivity contribution is -0.0464. The Labute approximate surface area is 244 Å². The molecular formula is C29H36N4O8S. The molecule has 226 valence electrons. The van der Waals surface area contributed by atoms with Crippen LogP contribution in [0, 0.1) is 5.41 Å². The molecule has 0 radical (unpaired) electrons. The summed E-state index contributed by atoms with van der Waals surface area (Å²) in [6, 6.07) is 12.0. The molecule has 3 heterocycles. The first-order chi connectivity index (χ1) is 19.8. The lowest BCUT2D eigenvalue weighted by Crippen LogP contribution is -2.64. The molecule has 0 bridgehead atoms. The lowest BCUT2D eigenvalue weighted by atomic mass is 9.66. The summed E-state index contributed by atoms with van der Waals surface area (Å²) in [5, 5.41) is 13.6. The third kappa shape index (κ3) is 5.62. The number of carbonyl (C=O) groups excluding carboxylic acids is 1. The molecule has 1 fully saturated rings. The first-order valence-electron chi connectivity index (χ1n) is 13.8. The van der Waals surface area contributed by atoms with Crippen molar-refractivity contribution in [2.45, 2.75) is 51.7 Å². The maximum Gasteiger partial charge on any atom is 0.408 e. The van der Waals surface area contributed by atoms with E-state index in [0.717, 1.165) is 11.8 Å². The van der Waals surface area contributed by atoms with Crippen molar-refractivity contribution in [1.82, 2.24) is 19.8 Å². The molecule has 3 aromatic rings. The molecule has 42 heavy (non-hydrogen) atoms. The van der Waals surface area contributed by atoms with Crippen LogP contribution in [0.5, 0.6) is 11.5 Å². The fraction of sp³-hybridized carbons (Fsp3) is 0.483.